The lowest BCUT2D eigenvalue weighted by Crippen LogP contribution is -2.33. The molecule has 38 heavy (non-hydrogen) atoms. The van der Waals surface area contributed by atoms with Gasteiger partial charge in [-0.1, -0.05) is 11.6 Å². The van der Waals surface area contributed by atoms with Crippen molar-refractivity contribution >= 4 is 57.7 Å². The molecule has 1 aromatic carbocycles. The van der Waals surface area contributed by atoms with E-state index in [1.165, 1.54) is 12.4 Å². The van der Waals surface area contributed by atoms with Crippen molar-refractivity contribution in [3.63, 3.8) is 0 Å². The van der Waals surface area contributed by atoms with Gasteiger partial charge in [0.25, 0.3) is 0 Å². The standard InChI is InChI=1S/C28H26ClFN6O2/c29-21-8-16-22(30)6-13(7-23(16)35-26(21)32)5-18(14-1-2-14)28-9-19(28)24(17(10-37)20(28)11-38)36-4-3-15-25(31)33-12-34-27(15)36/h3-4,6-8,10-12,14,17-20,24H,1-2,5,9H2,(H2,32,35)(H2,31,33,34)/t17?,18-,19+,20?,24-,28-/m0/s1. The molecule has 3 aliphatic rings. The van der Waals surface area contributed by atoms with Crippen molar-refractivity contribution in [2.45, 2.75) is 31.7 Å². The maximum absolute atomic E-state index is 15.1. The number of rotatable bonds is 7. The zero-order chi connectivity index (χ0) is 26.3. The monoisotopic (exact) mass is 532 g/mol. The minimum absolute atomic E-state index is 0.128. The summed E-state index contributed by atoms with van der Waals surface area (Å²) < 4.78 is 17.1. The van der Waals surface area contributed by atoms with Gasteiger partial charge in [0.05, 0.1) is 15.9 Å². The number of nitrogen functional groups attached to an aromatic ring is 2. The van der Waals surface area contributed by atoms with Gasteiger partial charge in [0, 0.05) is 29.5 Å². The zero-order valence-electron chi connectivity index (χ0n) is 20.4. The van der Waals surface area contributed by atoms with Crippen LogP contribution in [0.3, 0.4) is 0 Å². The zero-order valence-corrected chi connectivity index (χ0v) is 21.2. The lowest BCUT2D eigenvalue weighted by atomic mass is 9.72. The number of carbonyl (C=O) groups excluding carboxylic acids is 2. The van der Waals surface area contributed by atoms with Gasteiger partial charge in [-0.15, -0.1) is 0 Å². The first-order valence-electron chi connectivity index (χ1n) is 12.9. The Morgan fingerprint density at radius 3 is 2.68 bits per heavy atom. The van der Waals surface area contributed by atoms with Crippen LogP contribution < -0.4 is 11.5 Å². The number of anilines is 2. The normalized spacial score (nSPS) is 28.9. The van der Waals surface area contributed by atoms with E-state index in [0.717, 1.165) is 42.8 Å². The van der Waals surface area contributed by atoms with Crippen LogP contribution in [0.1, 0.15) is 30.9 Å². The maximum Gasteiger partial charge on any atom is 0.145 e. The van der Waals surface area contributed by atoms with Crippen molar-refractivity contribution in [3.05, 3.63) is 53.2 Å². The summed E-state index contributed by atoms with van der Waals surface area (Å²) in [7, 11) is 0. The number of aldehydes is 2. The average Bonchev–Trinajstić information content (AvgIpc) is 3.80. The van der Waals surface area contributed by atoms with Crippen molar-refractivity contribution in [2.24, 2.45) is 35.0 Å². The van der Waals surface area contributed by atoms with Gasteiger partial charge in [0.1, 0.15) is 42.0 Å². The molecule has 0 saturated heterocycles. The van der Waals surface area contributed by atoms with E-state index in [1.54, 1.807) is 6.07 Å². The van der Waals surface area contributed by atoms with Gasteiger partial charge in [-0.05, 0) is 78.7 Å². The van der Waals surface area contributed by atoms with Crippen molar-refractivity contribution in [1.82, 2.24) is 19.5 Å². The van der Waals surface area contributed by atoms with E-state index in [-0.39, 0.29) is 34.1 Å². The number of nitrogens with zero attached hydrogens (tertiary/aromatic N) is 4. The third kappa shape index (κ3) is 3.24. The molecule has 3 aliphatic carbocycles. The van der Waals surface area contributed by atoms with E-state index in [4.69, 9.17) is 23.1 Å². The van der Waals surface area contributed by atoms with Gasteiger partial charge in [0.15, 0.2) is 0 Å². The molecule has 0 radical (unpaired) electrons. The summed E-state index contributed by atoms with van der Waals surface area (Å²) in [6.07, 6.45) is 8.80. The van der Waals surface area contributed by atoms with E-state index < -0.39 is 17.7 Å². The van der Waals surface area contributed by atoms with Gasteiger partial charge < -0.3 is 25.6 Å². The van der Waals surface area contributed by atoms with Crippen LogP contribution in [0, 0.1) is 40.8 Å². The highest BCUT2D eigenvalue weighted by molar-refractivity contribution is 6.33. The minimum Gasteiger partial charge on any atom is -0.383 e. The van der Waals surface area contributed by atoms with Gasteiger partial charge >= 0.3 is 0 Å². The summed E-state index contributed by atoms with van der Waals surface area (Å²) in [5.74, 6) is -0.0627. The highest BCUT2D eigenvalue weighted by Crippen LogP contribution is 2.77. The Labute approximate surface area is 222 Å². The third-order valence-electron chi connectivity index (χ3n) is 9.37. The molecule has 6 atom stereocenters. The third-order valence-corrected chi connectivity index (χ3v) is 9.67. The van der Waals surface area contributed by atoms with Crippen LogP contribution >= 0.6 is 11.6 Å². The lowest BCUT2D eigenvalue weighted by molar-refractivity contribution is -0.122. The SMILES string of the molecule is Nc1nc2cc(C[C@@H](C3CC3)[C@@]34C[C@@H]3[C@@H](n3ccc5c(N)ncnc53)C(C=O)C4C=O)cc(F)c2cc1Cl. The van der Waals surface area contributed by atoms with Gasteiger partial charge in [-0.3, -0.25) is 0 Å². The topological polar surface area (TPSA) is 130 Å². The van der Waals surface area contributed by atoms with Gasteiger partial charge in [0.2, 0.25) is 0 Å². The van der Waals surface area contributed by atoms with Crippen LogP contribution in [0.5, 0.6) is 0 Å². The fourth-order valence-corrected chi connectivity index (χ4v) is 7.74. The van der Waals surface area contributed by atoms with E-state index in [9.17, 15) is 9.59 Å². The quantitative estimate of drug-likeness (QED) is 0.337. The summed E-state index contributed by atoms with van der Waals surface area (Å²) in [5.41, 5.74) is 13.6. The molecule has 194 valence electrons. The number of aromatic nitrogens is 4. The number of hydrogen-bond acceptors (Lipinski definition) is 7. The predicted octanol–water partition coefficient (Wildman–Crippen LogP) is 4.40. The fraction of sp³-hybridized carbons (Fsp3) is 0.393. The number of halogens is 2. The van der Waals surface area contributed by atoms with Gasteiger partial charge in [-0.25, -0.2) is 19.3 Å². The van der Waals surface area contributed by atoms with E-state index in [1.807, 2.05) is 22.9 Å². The first-order chi connectivity index (χ1) is 18.4. The van der Waals surface area contributed by atoms with Crippen LogP contribution in [0.25, 0.3) is 21.9 Å². The summed E-state index contributed by atoms with van der Waals surface area (Å²) in [6, 6.07) is 6.58. The minimum atomic E-state index is -0.476. The molecule has 3 fully saturated rings. The average molecular weight is 533 g/mol. The number of carbonyl (C=O) groups is 2. The predicted molar refractivity (Wildman–Crippen MR) is 142 cm³/mol. The molecule has 0 bridgehead atoms. The molecular weight excluding hydrogens is 507 g/mol. The molecule has 0 spiro atoms. The molecule has 7 rings (SSSR count). The number of nitrogens with two attached hydrogens (primary N) is 2. The molecule has 3 heterocycles. The van der Waals surface area contributed by atoms with E-state index in [2.05, 4.69) is 15.0 Å². The molecule has 3 aromatic heterocycles. The first kappa shape index (κ1) is 23.5. The molecule has 2 unspecified atom stereocenters. The van der Waals surface area contributed by atoms with E-state index >= 15 is 4.39 Å². The maximum atomic E-state index is 15.1. The molecular formula is C28H26ClFN6O2. The van der Waals surface area contributed by atoms with Crippen LogP contribution in [-0.4, -0.2) is 32.1 Å². The Balaban J connectivity index is 1.29. The highest BCUT2D eigenvalue weighted by Gasteiger charge is 2.75. The van der Waals surface area contributed by atoms with Crippen LogP contribution in [-0.2, 0) is 16.0 Å². The molecule has 8 nitrogen and oxygen atoms in total. The number of pyridine rings is 1. The second kappa shape index (κ2) is 8.20. The van der Waals surface area contributed by atoms with Crippen molar-refractivity contribution in [1.29, 1.82) is 0 Å². The molecule has 4 N–H and O–H groups in total. The number of benzene rings is 1. The molecule has 0 aliphatic heterocycles. The van der Waals surface area contributed by atoms with Gasteiger partial charge in [-0.2, -0.15) is 0 Å². The first-order valence-corrected chi connectivity index (χ1v) is 13.3. The largest absolute Gasteiger partial charge is 0.383 e. The second-order valence-corrected chi connectivity index (χ2v) is 11.6. The highest BCUT2D eigenvalue weighted by atomic mass is 35.5. The lowest BCUT2D eigenvalue weighted by Gasteiger charge is -2.31. The Hall–Kier alpha value is -3.59. The fourth-order valence-electron chi connectivity index (χ4n) is 7.59. The van der Waals surface area contributed by atoms with Crippen LogP contribution in [0.15, 0.2) is 36.8 Å². The number of hydrogen-bond donors (Lipinski definition) is 2. The summed E-state index contributed by atoms with van der Waals surface area (Å²) in [6.45, 7) is 0. The molecule has 3 saturated carbocycles. The molecule has 10 heteroatoms. The smallest absolute Gasteiger partial charge is 0.145 e. The van der Waals surface area contributed by atoms with Crippen LogP contribution in [0.2, 0.25) is 5.02 Å². The summed E-state index contributed by atoms with van der Waals surface area (Å²) >= 11 is 6.07. The Kier molecular flexibility index (Phi) is 5.08. The molecule has 0 amide bonds. The second-order valence-electron chi connectivity index (χ2n) is 11.2. The Morgan fingerprint density at radius 1 is 1.13 bits per heavy atom. The Morgan fingerprint density at radius 2 is 1.95 bits per heavy atom. The van der Waals surface area contributed by atoms with Crippen molar-refractivity contribution < 1.29 is 14.0 Å². The Bertz CT molecular complexity index is 1640. The summed E-state index contributed by atoms with van der Waals surface area (Å²) in [5, 5.41) is 1.28. The van der Waals surface area contributed by atoms with E-state index in [0.29, 0.717) is 34.7 Å². The van der Waals surface area contributed by atoms with Crippen LogP contribution in [0.4, 0.5) is 16.0 Å². The molecule has 4 aromatic rings. The summed E-state index contributed by atoms with van der Waals surface area (Å²) in [4.78, 5) is 38.0. The number of fused-ring (bicyclic) bond motifs is 3. The van der Waals surface area contributed by atoms with Crippen molar-refractivity contribution in [3.8, 4) is 0 Å². The van der Waals surface area contributed by atoms with Crippen molar-refractivity contribution in [2.75, 3.05) is 11.5 Å².